The first-order valence-electron chi connectivity index (χ1n) is 3.37. The SMILES string of the molecule is Cn1[c]nc2c(F)cc(F)cc21. The highest BCUT2D eigenvalue weighted by Gasteiger charge is 2.07. The molecular weight excluding hydrogens is 162 g/mol. The number of aromatic nitrogens is 2. The minimum absolute atomic E-state index is 0.152. The van der Waals surface area contributed by atoms with Gasteiger partial charge < -0.3 is 4.57 Å². The highest BCUT2D eigenvalue weighted by atomic mass is 19.1. The third-order valence-electron chi connectivity index (χ3n) is 1.68. The Morgan fingerprint density at radius 2 is 2.17 bits per heavy atom. The highest BCUT2D eigenvalue weighted by molar-refractivity contribution is 5.75. The predicted molar refractivity (Wildman–Crippen MR) is 39.5 cm³/mol. The molecule has 0 atom stereocenters. The maximum absolute atomic E-state index is 12.9. The van der Waals surface area contributed by atoms with Crippen molar-refractivity contribution in [3.8, 4) is 0 Å². The zero-order valence-electron chi connectivity index (χ0n) is 6.31. The molecule has 4 heteroatoms. The van der Waals surface area contributed by atoms with Gasteiger partial charge in [0.2, 0.25) is 0 Å². The van der Waals surface area contributed by atoms with Crippen molar-refractivity contribution in [3.05, 3.63) is 30.1 Å². The van der Waals surface area contributed by atoms with Crippen LogP contribution in [-0.2, 0) is 7.05 Å². The molecule has 1 aromatic carbocycles. The lowest BCUT2D eigenvalue weighted by Crippen LogP contribution is -1.87. The molecule has 0 saturated heterocycles. The molecule has 0 amide bonds. The van der Waals surface area contributed by atoms with Crippen LogP contribution in [0.2, 0.25) is 0 Å². The molecule has 1 heterocycles. The van der Waals surface area contributed by atoms with Crippen LogP contribution in [0.15, 0.2) is 12.1 Å². The molecule has 0 saturated carbocycles. The van der Waals surface area contributed by atoms with E-state index in [9.17, 15) is 8.78 Å². The maximum Gasteiger partial charge on any atom is 0.177 e. The third-order valence-corrected chi connectivity index (χ3v) is 1.68. The molecule has 2 rings (SSSR count). The molecule has 1 radical (unpaired) electrons. The number of hydrogen-bond acceptors (Lipinski definition) is 1. The Hall–Kier alpha value is -1.45. The Balaban J connectivity index is 2.92. The van der Waals surface area contributed by atoms with Crippen molar-refractivity contribution in [2.75, 3.05) is 0 Å². The minimum atomic E-state index is -0.651. The molecule has 0 aliphatic heterocycles. The Labute approximate surface area is 67.4 Å². The maximum atomic E-state index is 12.9. The van der Waals surface area contributed by atoms with Crippen molar-refractivity contribution >= 4 is 11.0 Å². The quantitative estimate of drug-likeness (QED) is 0.583. The summed E-state index contributed by atoms with van der Waals surface area (Å²) in [6.07, 6.45) is 2.50. The van der Waals surface area contributed by atoms with Crippen LogP contribution < -0.4 is 0 Å². The molecule has 2 aromatic rings. The summed E-state index contributed by atoms with van der Waals surface area (Å²) in [5.74, 6) is -1.25. The number of fused-ring (bicyclic) bond motifs is 1. The summed E-state index contributed by atoms with van der Waals surface area (Å²) in [5, 5.41) is 0. The zero-order chi connectivity index (χ0) is 8.72. The zero-order valence-corrected chi connectivity index (χ0v) is 6.31. The first-order chi connectivity index (χ1) is 5.68. The second-order valence-electron chi connectivity index (χ2n) is 2.53. The number of nitrogens with zero attached hydrogens (tertiary/aromatic N) is 2. The van der Waals surface area contributed by atoms with Crippen LogP contribution in [0.3, 0.4) is 0 Å². The molecule has 0 fully saturated rings. The van der Waals surface area contributed by atoms with E-state index in [1.165, 1.54) is 10.6 Å². The van der Waals surface area contributed by atoms with Gasteiger partial charge in [-0.2, -0.15) is 0 Å². The van der Waals surface area contributed by atoms with E-state index in [2.05, 4.69) is 11.3 Å². The molecule has 12 heavy (non-hydrogen) atoms. The van der Waals surface area contributed by atoms with Gasteiger partial charge in [0, 0.05) is 13.1 Å². The van der Waals surface area contributed by atoms with Crippen molar-refractivity contribution in [1.29, 1.82) is 0 Å². The summed E-state index contributed by atoms with van der Waals surface area (Å²) < 4.78 is 27.0. The summed E-state index contributed by atoms with van der Waals surface area (Å²) in [5.41, 5.74) is 0.561. The fraction of sp³-hybridized carbons (Fsp3) is 0.125. The van der Waals surface area contributed by atoms with E-state index in [0.29, 0.717) is 5.52 Å². The van der Waals surface area contributed by atoms with Crippen molar-refractivity contribution < 1.29 is 8.78 Å². The van der Waals surface area contributed by atoms with Gasteiger partial charge in [-0.05, 0) is 6.07 Å². The summed E-state index contributed by atoms with van der Waals surface area (Å²) in [4.78, 5) is 3.66. The Bertz CT molecular complexity index is 434. The van der Waals surface area contributed by atoms with Crippen LogP contribution in [0.1, 0.15) is 0 Å². The lowest BCUT2D eigenvalue weighted by molar-refractivity contribution is 0.590. The van der Waals surface area contributed by atoms with E-state index < -0.39 is 11.6 Å². The van der Waals surface area contributed by atoms with Gasteiger partial charge in [-0.3, -0.25) is 0 Å². The smallest absolute Gasteiger partial charge is 0.177 e. The number of hydrogen-bond donors (Lipinski definition) is 0. The van der Waals surface area contributed by atoms with Gasteiger partial charge >= 0.3 is 0 Å². The lowest BCUT2D eigenvalue weighted by Gasteiger charge is -1.94. The lowest BCUT2D eigenvalue weighted by atomic mass is 10.3. The standard InChI is InChI=1S/C8H5F2N2/c1-12-4-11-8-6(10)2-5(9)3-7(8)12/h2-3H,1H3. The largest absolute Gasteiger partial charge is 0.324 e. The number of aryl methyl sites for hydroxylation is 1. The summed E-state index contributed by atoms with van der Waals surface area (Å²) >= 11 is 0. The van der Waals surface area contributed by atoms with Gasteiger partial charge in [0.15, 0.2) is 12.1 Å². The average molecular weight is 167 g/mol. The van der Waals surface area contributed by atoms with Crippen molar-refractivity contribution in [2.45, 2.75) is 0 Å². The molecule has 0 spiro atoms. The van der Waals surface area contributed by atoms with Gasteiger partial charge in [-0.15, -0.1) is 0 Å². The monoisotopic (exact) mass is 167 g/mol. The normalized spacial score (nSPS) is 10.9. The molecule has 1 aromatic heterocycles. The Morgan fingerprint density at radius 1 is 1.42 bits per heavy atom. The van der Waals surface area contributed by atoms with Crippen LogP contribution >= 0.6 is 0 Å². The molecule has 0 unspecified atom stereocenters. The van der Waals surface area contributed by atoms with E-state index >= 15 is 0 Å². The minimum Gasteiger partial charge on any atom is -0.324 e. The molecule has 0 aliphatic carbocycles. The molecule has 0 bridgehead atoms. The van der Waals surface area contributed by atoms with Crippen molar-refractivity contribution in [1.82, 2.24) is 9.55 Å². The average Bonchev–Trinajstić information content (AvgIpc) is 2.33. The summed E-state index contributed by atoms with van der Waals surface area (Å²) in [6.45, 7) is 0. The first-order valence-corrected chi connectivity index (χ1v) is 3.37. The second kappa shape index (κ2) is 2.27. The van der Waals surface area contributed by atoms with Crippen LogP contribution in [0, 0.1) is 18.0 Å². The van der Waals surface area contributed by atoms with Gasteiger partial charge in [-0.1, -0.05) is 0 Å². The van der Waals surface area contributed by atoms with E-state index in [1.807, 2.05) is 0 Å². The molecule has 2 nitrogen and oxygen atoms in total. The predicted octanol–water partition coefficient (Wildman–Crippen LogP) is 1.65. The van der Waals surface area contributed by atoms with Gasteiger partial charge in [-0.25, -0.2) is 13.8 Å². The summed E-state index contributed by atoms with van der Waals surface area (Å²) in [7, 11) is 1.63. The van der Waals surface area contributed by atoms with Gasteiger partial charge in [0.25, 0.3) is 0 Å². The molecule has 61 valence electrons. The number of benzene rings is 1. The Kier molecular flexibility index (Phi) is 1.36. The van der Waals surface area contributed by atoms with Gasteiger partial charge in [0.1, 0.15) is 11.3 Å². The number of rotatable bonds is 0. The second-order valence-corrected chi connectivity index (χ2v) is 2.53. The number of halogens is 2. The van der Waals surface area contributed by atoms with E-state index in [4.69, 9.17) is 0 Å². The molecular formula is C8H5F2N2. The third kappa shape index (κ3) is 0.879. The molecule has 0 aliphatic rings. The van der Waals surface area contributed by atoms with Crippen LogP contribution in [0.5, 0.6) is 0 Å². The van der Waals surface area contributed by atoms with E-state index in [1.54, 1.807) is 7.05 Å². The van der Waals surface area contributed by atoms with E-state index in [-0.39, 0.29) is 5.52 Å². The van der Waals surface area contributed by atoms with Crippen molar-refractivity contribution in [2.24, 2.45) is 7.05 Å². The first kappa shape index (κ1) is 7.21. The van der Waals surface area contributed by atoms with Crippen LogP contribution in [0.4, 0.5) is 8.78 Å². The fourth-order valence-electron chi connectivity index (χ4n) is 1.10. The molecule has 0 N–H and O–H groups in total. The van der Waals surface area contributed by atoms with Crippen molar-refractivity contribution in [3.63, 3.8) is 0 Å². The summed E-state index contributed by atoms with van der Waals surface area (Å²) in [6, 6.07) is 2.03. The van der Waals surface area contributed by atoms with Crippen LogP contribution in [-0.4, -0.2) is 9.55 Å². The van der Waals surface area contributed by atoms with Crippen LogP contribution in [0.25, 0.3) is 11.0 Å². The number of imidazole rings is 1. The Morgan fingerprint density at radius 3 is 2.92 bits per heavy atom. The van der Waals surface area contributed by atoms with Gasteiger partial charge in [0.05, 0.1) is 5.52 Å². The van der Waals surface area contributed by atoms with E-state index in [0.717, 1.165) is 6.07 Å². The fourth-order valence-corrected chi connectivity index (χ4v) is 1.10. The topological polar surface area (TPSA) is 17.8 Å². The highest BCUT2D eigenvalue weighted by Crippen LogP contribution is 2.16.